The minimum Gasteiger partial charge on any atom is -0.467 e. The molecule has 1 aliphatic rings. The summed E-state index contributed by atoms with van der Waals surface area (Å²) in [6, 6.07) is 13.9. The number of furan rings is 1. The van der Waals surface area contributed by atoms with Gasteiger partial charge in [0, 0.05) is 6.42 Å². The second-order valence-electron chi connectivity index (χ2n) is 7.32. The highest BCUT2D eigenvalue weighted by atomic mass is 32.2. The van der Waals surface area contributed by atoms with Crippen molar-refractivity contribution in [2.24, 2.45) is 9.98 Å². The molecule has 0 fully saturated rings. The van der Waals surface area contributed by atoms with Gasteiger partial charge in [-0.2, -0.15) is 0 Å². The van der Waals surface area contributed by atoms with Gasteiger partial charge in [0.25, 0.3) is 0 Å². The number of carbonyl (C=O) groups is 1. The first-order valence-corrected chi connectivity index (χ1v) is 10.9. The Kier molecular flexibility index (Phi) is 6.32. The lowest BCUT2D eigenvalue weighted by molar-refractivity contribution is -0.118. The Morgan fingerprint density at radius 3 is 2.48 bits per heavy atom. The molecule has 7 heteroatoms. The highest BCUT2D eigenvalue weighted by Gasteiger charge is 2.17. The Morgan fingerprint density at radius 1 is 1.10 bits per heavy atom. The fraction of sp³-hybridized carbons (Fsp3) is 0.208. The van der Waals surface area contributed by atoms with Crippen LogP contribution in [0.5, 0.6) is 0 Å². The summed E-state index contributed by atoms with van der Waals surface area (Å²) in [5.41, 5.74) is 5.44. The van der Waals surface area contributed by atoms with Crippen LogP contribution in [0.3, 0.4) is 0 Å². The summed E-state index contributed by atoms with van der Waals surface area (Å²) >= 11 is 1.38. The number of nitrogens with one attached hydrogen (secondary N) is 1. The monoisotopic (exact) mass is 435 g/mol. The topological polar surface area (TPSA) is 67.0 Å². The summed E-state index contributed by atoms with van der Waals surface area (Å²) in [6.07, 6.45) is 2.04. The van der Waals surface area contributed by atoms with E-state index in [1.807, 2.05) is 32.0 Å². The maximum Gasteiger partial charge on any atom is 0.230 e. The van der Waals surface area contributed by atoms with Gasteiger partial charge in [-0.05, 0) is 66.9 Å². The Hall–Kier alpha value is -3.19. The number of fused-ring (bicyclic) bond motifs is 1. The Bertz CT molecular complexity index is 1150. The van der Waals surface area contributed by atoms with Crippen molar-refractivity contribution >= 4 is 39.8 Å². The third kappa shape index (κ3) is 5.30. The molecule has 0 unspecified atom stereocenters. The second-order valence-corrected chi connectivity index (χ2v) is 8.37. The third-order valence-electron chi connectivity index (χ3n) is 5.00. The van der Waals surface area contributed by atoms with Crippen molar-refractivity contribution in [1.82, 2.24) is 5.32 Å². The van der Waals surface area contributed by atoms with Gasteiger partial charge in [0.15, 0.2) is 0 Å². The van der Waals surface area contributed by atoms with E-state index in [0.717, 1.165) is 38.8 Å². The van der Waals surface area contributed by atoms with Crippen LogP contribution in [0.4, 0.5) is 15.8 Å². The van der Waals surface area contributed by atoms with Gasteiger partial charge in [-0.1, -0.05) is 12.1 Å². The summed E-state index contributed by atoms with van der Waals surface area (Å²) in [7, 11) is 0. The molecule has 1 aromatic heterocycles. The number of aryl methyl sites for hydroxylation is 2. The number of aliphatic imine (C=N–C) groups is 2. The average Bonchev–Trinajstić information content (AvgIpc) is 3.21. The highest BCUT2D eigenvalue weighted by molar-refractivity contribution is 8.14. The molecule has 0 atom stereocenters. The molecule has 2 heterocycles. The molecule has 0 saturated carbocycles. The van der Waals surface area contributed by atoms with Crippen LogP contribution in [-0.2, 0) is 11.3 Å². The number of amides is 1. The number of hydrogen-bond donors (Lipinski definition) is 1. The number of halogens is 1. The smallest absolute Gasteiger partial charge is 0.230 e. The van der Waals surface area contributed by atoms with Crippen molar-refractivity contribution in [2.45, 2.75) is 26.8 Å². The van der Waals surface area contributed by atoms with Crippen LogP contribution in [-0.4, -0.2) is 22.4 Å². The zero-order chi connectivity index (χ0) is 21.8. The van der Waals surface area contributed by atoms with E-state index < -0.39 is 0 Å². The summed E-state index contributed by atoms with van der Waals surface area (Å²) in [5, 5.41) is 3.63. The number of thioether (sulfide) groups is 1. The molecule has 1 aliphatic heterocycles. The van der Waals surface area contributed by atoms with Gasteiger partial charge < -0.3 is 9.73 Å². The SMILES string of the molecule is Cc1cc2c(cc1C)N=C(c1ccc(F)cc1)CC(SCC(=O)NCc1ccco1)=N2. The van der Waals surface area contributed by atoms with E-state index in [-0.39, 0.29) is 17.5 Å². The summed E-state index contributed by atoms with van der Waals surface area (Å²) in [5.74, 6) is 0.544. The van der Waals surface area contributed by atoms with Gasteiger partial charge in [-0.3, -0.25) is 9.79 Å². The number of nitrogens with zero attached hydrogens (tertiary/aromatic N) is 2. The maximum atomic E-state index is 13.4. The predicted octanol–water partition coefficient (Wildman–Crippen LogP) is 5.64. The maximum absolute atomic E-state index is 13.4. The lowest BCUT2D eigenvalue weighted by Gasteiger charge is -2.08. The van der Waals surface area contributed by atoms with Gasteiger partial charge in [-0.15, -0.1) is 11.8 Å². The molecule has 1 N–H and O–H groups in total. The molecule has 0 bridgehead atoms. The van der Waals surface area contributed by atoms with Crippen LogP contribution < -0.4 is 5.32 Å². The molecular formula is C24H22FN3O2S. The molecule has 0 radical (unpaired) electrons. The van der Waals surface area contributed by atoms with E-state index in [4.69, 9.17) is 14.4 Å². The minimum atomic E-state index is -0.290. The fourth-order valence-electron chi connectivity index (χ4n) is 3.16. The van der Waals surface area contributed by atoms with Crippen LogP contribution in [0.1, 0.15) is 28.9 Å². The third-order valence-corrected chi connectivity index (χ3v) is 5.97. The van der Waals surface area contributed by atoms with Gasteiger partial charge in [-0.25, -0.2) is 9.38 Å². The van der Waals surface area contributed by atoms with Crippen LogP contribution in [0.25, 0.3) is 0 Å². The van der Waals surface area contributed by atoms with E-state index in [2.05, 4.69) is 5.32 Å². The fourth-order valence-corrected chi connectivity index (χ4v) is 3.96. The molecule has 4 rings (SSSR count). The van der Waals surface area contributed by atoms with Crippen molar-refractivity contribution in [3.63, 3.8) is 0 Å². The standard InChI is InChI=1S/C24H22FN3O2S/c1-15-10-21-22(11-16(15)2)28-24(12-20(27-21)17-5-7-18(25)8-6-17)31-14-23(29)26-13-19-4-3-9-30-19/h3-11H,12-14H2,1-2H3,(H,26,29). The zero-order valence-electron chi connectivity index (χ0n) is 17.3. The summed E-state index contributed by atoms with van der Waals surface area (Å²) < 4.78 is 18.7. The lowest BCUT2D eigenvalue weighted by Crippen LogP contribution is -2.25. The quantitative estimate of drug-likeness (QED) is 0.564. The van der Waals surface area contributed by atoms with Gasteiger partial charge in [0.05, 0.1) is 40.7 Å². The molecule has 31 heavy (non-hydrogen) atoms. The van der Waals surface area contributed by atoms with Gasteiger partial charge in [0.1, 0.15) is 11.6 Å². The number of benzene rings is 2. The molecule has 0 aliphatic carbocycles. The van der Waals surface area contributed by atoms with E-state index in [0.29, 0.717) is 18.7 Å². The lowest BCUT2D eigenvalue weighted by atomic mass is 10.1. The molecular weight excluding hydrogens is 413 g/mol. The van der Waals surface area contributed by atoms with Crippen molar-refractivity contribution in [2.75, 3.05) is 5.75 Å². The molecule has 2 aromatic carbocycles. The van der Waals surface area contributed by atoms with E-state index in [9.17, 15) is 9.18 Å². The van der Waals surface area contributed by atoms with Crippen LogP contribution >= 0.6 is 11.8 Å². The summed E-state index contributed by atoms with van der Waals surface area (Å²) in [4.78, 5) is 22.0. The molecule has 1 amide bonds. The van der Waals surface area contributed by atoms with Crippen molar-refractivity contribution in [1.29, 1.82) is 0 Å². The van der Waals surface area contributed by atoms with Crippen LogP contribution in [0, 0.1) is 19.7 Å². The zero-order valence-corrected chi connectivity index (χ0v) is 18.1. The van der Waals surface area contributed by atoms with Crippen LogP contribution in [0.2, 0.25) is 0 Å². The Balaban J connectivity index is 1.55. The van der Waals surface area contributed by atoms with Crippen molar-refractivity contribution in [3.05, 3.63) is 83.1 Å². The first-order valence-electron chi connectivity index (χ1n) is 9.92. The van der Waals surface area contributed by atoms with Crippen LogP contribution in [0.15, 0.2) is 69.2 Å². The number of rotatable bonds is 5. The van der Waals surface area contributed by atoms with E-state index in [1.165, 1.54) is 23.9 Å². The molecule has 0 saturated heterocycles. The number of hydrogen-bond acceptors (Lipinski definition) is 5. The molecule has 158 valence electrons. The largest absolute Gasteiger partial charge is 0.467 e. The van der Waals surface area contributed by atoms with Gasteiger partial charge in [0.2, 0.25) is 5.91 Å². The van der Waals surface area contributed by atoms with E-state index >= 15 is 0 Å². The van der Waals surface area contributed by atoms with Crippen molar-refractivity contribution in [3.8, 4) is 0 Å². The average molecular weight is 436 g/mol. The first kappa shape index (κ1) is 21.1. The Labute approximate surface area is 184 Å². The Morgan fingerprint density at radius 2 is 1.81 bits per heavy atom. The normalized spacial score (nSPS) is 13.1. The second kappa shape index (κ2) is 9.31. The van der Waals surface area contributed by atoms with Gasteiger partial charge >= 0.3 is 0 Å². The highest BCUT2D eigenvalue weighted by Crippen LogP contribution is 2.36. The van der Waals surface area contributed by atoms with Crippen molar-refractivity contribution < 1.29 is 13.6 Å². The molecule has 3 aromatic rings. The molecule has 0 spiro atoms. The number of carbonyl (C=O) groups excluding carboxylic acids is 1. The minimum absolute atomic E-state index is 0.103. The molecule has 5 nitrogen and oxygen atoms in total. The summed E-state index contributed by atoms with van der Waals surface area (Å²) in [6.45, 7) is 4.42. The van der Waals surface area contributed by atoms with E-state index in [1.54, 1.807) is 24.5 Å². The predicted molar refractivity (Wildman–Crippen MR) is 123 cm³/mol. The first-order chi connectivity index (χ1) is 15.0.